The van der Waals surface area contributed by atoms with Crippen molar-refractivity contribution in [2.45, 2.75) is 44.8 Å². The summed E-state index contributed by atoms with van der Waals surface area (Å²) in [5.41, 5.74) is 6.50. The lowest BCUT2D eigenvalue weighted by Crippen LogP contribution is -2.43. The van der Waals surface area contributed by atoms with Crippen LogP contribution in [0.5, 0.6) is 0 Å². The molecular weight excluding hydrogens is 288 g/mol. The van der Waals surface area contributed by atoms with Crippen molar-refractivity contribution >= 4 is 18.3 Å². The highest BCUT2D eigenvalue weighted by Gasteiger charge is 2.49. The Kier molecular flexibility index (Phi) is 6.65. The van der Waals surface area contributed by atoms with E-state index in [4.69, 9.17) is 5.73 Å². The molecule has 1 fully saturated rings. The van der Waals surface area contributed by atoms with Crippen molar-refractivity contribution in [3.63, 3.8) is 0 Å². The Hall–Kier alpha value is -1.10. The number of rotatable bonds is 7. The lowest BCUT2D eigenvalue weighted by atomic mass is 9.92. The van der Waals surface area contributed by atoms with E-state index in [-0.39, 0.29) is 23.7 Å². The maximum absolute atomic E-state index is 11.8. The fraction of sp³-hybridized carbons (Fsp3) is 0.562. The summed E-state index contributed by atoms with van der Waals surface area (Å²) in [6.07, 6.45) is 2.94. The summed E-state index contributed by atoms with van der Waals surface area (Å²) in [6.45, 7) is 2.51. The van der Waals surface area contributed by atoms with Crippen molar-refractivity contribution in [2.24, 2.45) is 11.1 Å². The number of carbonyl (C=O) groups excluding carboxylic acids is 1. The summed E-state index contributed by atoms with van der Waals surface area (Å²) in [5, 5.41) is 13.4. The highest BCUT2D eigenvalue weighted by atomic mass is 35.5. The molecule has 0 radical (unpaired) electrons. The van der Waals surface area contributed by atoms with Gasteiger partial charge in [-0.3, -0.25) is 4.79 Å². The SMILES string of the molecule is CCCC(N)C(=O)NCC1(C(O)c2ccccc2)CC1.Cl. The zero-order valence-electron chi connectivity index (χ0n) is 12.4. The Morgan fingerprint density at radius 3 is 2.52 bits per heavy atom. The molecule has 5 heteroatoms. The summed E-state index contributed by atoms with van der Waals surface area (Å²) in [4.78, 5) is 11.8. The van der Waals surface area contributed by atoms with E-state index < -0.39 is 12.1 Å². The van der Waals surface area contributed by atoms with E-state index in [0.717, 1.165) is 24.8 Å². The lowest BCUT2D eigenvalue weighted by Gasteiger charge is -2.24. The van der Waals surface area contributed by atoms with Gasteiger partial charge in [0.05, 0.1) is 12.1 Å². The molecule has 1 saturated carbocycles. The summed E-state index contributed by atoms with van der Waals surface area (Å²) in [6, 6.07) is 9.19. The van der Waals surface area contributed by atoms with E-state index in [0.29, 0.717) is 13.0 Å². The Morgan fingerprint density at radius 1 is 1.38 bits per heavy atom. The quantitative estimate of drug-likeness (QED) is 0.722. The van der Waals surface area contributed by atoms with Crippen molar-refractivity contribution in [1.82, 2.24) is 5.32 Å². The monoisotopic (exact) mass is 312 g/mol. The molecule has 0 aliphatic heterocycles. The maximum atomic E-state index is 11.8. The summed E-state index contributed by atoms with van der Waals surface area (Å²) >= 11 is 0. The second kappa shape index (κ2) is 7.78. The van der Waals surface area contributed by atoms with E-state index >= 15 is 0 Å². The minimum atomic E-state index is -0.522. The Morgan fingerprint density at radius 2 is 2.00 bits per heavy atom. The number of nitrogens with two attached hydrogens (primary N) is 1. The van der Waals surface area contributed by atoms with Crippen LogP contribution < -0.4 is 11.1 Å². The lowest BCUT2D eigenvalue weighted by molar-refractivity contribution is -0.123. The number of hydrogen-bond acceptors (Lipinski definition) is 3. The average molecular weight is 313 g/mol. The van der Waals surface area contributed by atoms with Crippen LogP contribution >= 0.6 is 12.4 Å². The Bertz CT molecular complexity index is 449. The molecule has 1 aliphatic carbocycles. The van der Waals surface area contributed by atoms with Crippen LogP contribution in [0.15, 0.2) is 30.3 Å². The second-order valence-corrected chi connectivity index (χ2v) is 5.79. The smallest absolute Gasteiger partial charge is 0.236 e. The predicted octanol–water partition coefficient (Wildman–Crippen LogP) is 2.17. The molecule has 1 amide bonds. The van der Waals surface area contributed by atoms with Crippen LogP contribution in [-0.4, -0.2) is 23.6 Å². The van der Waals surface area contributed by atoms with Gasteiger partial charge in [0.2, 0.25) is 5.91 Å². The van der Waals surface area contributed by atoms with Crippen LogP contribution in [0.3, 0.4) is 0 Å². The van der Waals surface area contributed by atoms with Gasteiger partial charge in [-0.1, -0.05) is 43.7 Å². The number of benzene rings is 1. The van der Waals surface area contributed by atoms with Gasteiger partial charge < -0.3 is 16.2 Å². The zero-order chi connectivity index (χ0) is 14.6. The number of hydrogen-bond donors (Lipinski definition) is 3. The van der Waals surface area contributed by atoms with Crippen LogP contribution in [0, 0.1) is 5.41 Å². The van der Waals surface area contributed by atoms with Gasteiger partial charge in [0.15, 0.2) is 0 Å². The number of aliphatic hydroxyl groups is 1. The van der Waals surface area contributed by atoms with Gasteiger partial charge in [0, 0.05) is 12.0 Å². The third-order valence-corrected chi connectivity index (χ3v) is 4.14. The largest absolute Gasteiger partial charge is 0.388 e. The van der Waals surface area contributed by atoms with E-state index in [9.17, 15) is 9.90 Å². The fourth-order valence-electron chi connectivity index (χ4n) is 2.53. The molecule has 0 aromatic heterocycles. The van der Waals surface area contributed by atoms with E-state index in [2.05, 4.69) is 5.32 Å². The van der Waals surface area contributed by atoms with Crippen LogP contribution in [0.25, 0.3) is 0 Å². The minimum absolute atomic E-state index is 0. The van der Waals surface area contributed by atoms with Crippen LogP contribution in [0.1, 0.15) is 44.3 Å². The van der Waals surface area contributed by atoms with Crippen LogP contribution in [0.2, 0.25) is 0 Å². The van der Waals surface area contributed by atoms with Gasteiger partial charge in [-0.15, -0.1) is 12.4 Å². The highest BCUT2D eigenvalue weighted by Crippen LogP contribution is 2.54. The number of halogens is 1. The Labute approximate surface area is 132 Å². The molecule has 2 atom stereocenters. The number of nitrogens with one attached hydrogen (secondary N) is 1. The molecule has 2 rings (SSSR count). The molecule has 0 bridgehead atoms. The van der Waals surface area contributed by atoms with E-state index in [1.54, 1.807) is 0 Å². The third-order valence-electron chi connectivity index (χ3n) is 4.14. The summed E-state index contributed by atoms with van der Waals surface area (Å²) in [7, 11) is 0. The van der Waals surface area contributed by atoms with Crippen molar-refractivity contribution in [3.8, 4) is 0 Å². The van der Waals surface area contributed by atoms with Gasteiger partial charge in [0.1, 0.15) is 0 Å². The molecule has 4 N–H and O–H groups in total. The second-order valence-electron chi connectivity index (χ2n) is 5.79. The molecule has 21 heavy (non-hydrogen) atoms. The van der Waals surface area contributed by atoms with Gasteiger partial charge >= 0.3 is 0 Å². The normalized spacial score (nSPS) is 18.2. The molecule has 118 valence electrons. The topological polar surface area (TPSA) is 75.4 Å². The first-order chi connectivity index (χ1) is 9.59. The Balaban J connectivity index is 0.00000220. The van der Waals surface area contributed by atoms with Gasteiger partial charge in [-0.05, 0) is 24.8 Å². The predicted molar refractivity (Wildman–Crippen MR) is 86.2 cm³/mol. The van der Waals surface area contributed by atoms with Crippen molar-refractivity contribution in [1.29, 1.82) is 0 Å². The third kappa shape index (κ3) is 4.43. The first kappa shape index (κ1) is 18.0. The van der Waals surface area contributed by atoms with E-state index in [1.165, 1.54) is 0 Å². The first-order valence-electron chi connectivity index (χ1n) is 7.35. The molecule has 0 spiro atoms. The van der Waals surface area contributed by atoms with Crippen molar-refractivity contribution in [3.05, 3.63) is 35.9 Å². The number of aliphatic hydroxyl groups excluding tert-OH is 1. The number of amides is 1. The van der Waals surface area contributed by atoms with Gasteiger partial charge in [-0.25, -0.2) is 0 Å². The molecule has 1 aromatic carbocycles. The van der Waals surface area contributed by atoms with Crippen molar-refractivity contribution < 1.29 is 9.90 Å². The molecule has 0 heterocycles. The first-order valence-corrected chi connectivity index (χ1v) is 7.35. The molecule has 1 aliphatic rings. The van der Waals surface area contributed by atoms with Crippen LogP contribution in [-0.2, 0) is 4.79 Å². The fourth-order valence-corrected chi connectivity index (χ4v) is 2.53. The summed E-state index contributed by atoms with van der Waals surface area (Å²) in [5.74, 6) is -0.113. The average Bonchev–Trinajstić information content (AvgIpc) is 3.26. The van der Waals surface area contributed by atoms with E-state index in [1.807, 2.05) is 37.3 Å². The van der Waals surface area contributed by atoms with Gasteiger partial charge in [0.25, 0.3) is 0 Å². The van der Waals surface area contributed by atoms with Crippen molar-refractivity contribution in [2.75, 3.05) is 6.54 Å². The highest BCUT2D eigenvalue weighted by molar-refractivity contribution is 5.85. The molecular formula is C16H25ClN2O2. The molecule has 0 saturated heterocycles. The zero-order valence-corrected chi connectivity index (χ0v) is 13.2. The standard InChI is InChI=1S/C16H24N2O2.ClH/c1-2-6-13(17)15(20)18-11-16(9-10-16)14(19)12-7-4-3-5-8-12;/h3-5,7-8,13-14,19H,2,6,9-11,17H2,1H3,(H,18,20);1H. The molecule has 4 nitrogen and oxygen atoms in total. The minimum Gasteiger partial charge on any atom is -0.388 e. The summed E-state index contributed by atoms with van der Waals surface area (Å²) < 4.78 is 0. The van der Waals surface area contributed by atoms with Gasteiger partial charge in [-0.2, -0.15) is 0 Å². The number of carbonyl (C=O) groups is 1. The van der Waals surface area contributed by atoms with Crippen LogP contribution in [0.4, 0.5) is 0 Å². The molecule has 1 aromatic rings. The molecule has 2 unspecified atom stereocenters. The maximum Gasteiger partial charge on any atom is 0.236 e.